The lowest BCUT2D eigenvalue weighted by molar-refractivity contribution is -0.159. The minimum atomic E-state index is -2.62. The molecule has 0 N–H and O–H groups in total. The molecule has 0 bridgehead atoms. The lowest BCUT2D eigenvalue weighted by Crippen LogP contribution is -2.47. The summed E-state index contributed by atoms with van der Waals surface area (Å²) >= 11 is 0. The van der Waals surface area contributed by atoms with Gasteiger partial charge in [-0.2, -0.15) is 0 Å². The largest absolute Gasteiger partial charge is 0.381 e. The first-order valence-corrected chi connectivity index (χ1v) is 9.80. The summed E-state index contributed by atoms with van der Waals surface area (Å²) < 4.78 is 37.7. The van der Waals surface area contributed by atoms with E-state index in [9.17, 15) is 13.6 Å². The number of likely N-dealkylation sites (tertiary alicyclic amines) is 1. The summed E-state index contributed by atoms with van der Waals surface area (Å²) in [4.78, 5) is 14.4. The van der Waals surface area contributed by atoms with Crippen LogP contribution in [0.2, 0.25) is 0 Å². The minimum absolute atomic E-state index is 0.0517. The van der Waals surface area contributed by atoms with Crippen LogP contribution in [0.4, 0.5) is 8.78 Å². The van der Waals surface area contributed by atoms with Crippen LogP contribution in [0.1, 0.15) is 44.9 Å². The highest BCUT2D eigenvalue weighted by Gasteiger charge is 2.55. The number of carbonyl (C=O) groups excluding carboxylic acids is 1. The zero-order valence-corrected chi connectivity index (χ0v) is 14.9. The van der Waals surface area contributed by atoms with Crippen LogP contribution in [-0.2, 0) is 14.3 Å². The van der Waals surface area contributed by atoms with Crippen LogP contribution in [0.3, 0.4) is 0 Å². The Bertz CT molecular complexity index is 501. The molecule has 2 heterocycles. The molecule has 2 aliphatic heterocycles. The maximum atomic E-state index is 13.1. The van der Waals surface area contributed by atoms with Gasteiger partial charge in [-0.25, -0.2) is 8.78 Å². The number of nitrogens with zero attached hydrogens (tertiary/aromatic N) is 1. The fourth-order valence-corrected chi connectivity index (χ4v) is 5.25. The number of fused-ring (bicyclic) bond motifs is 1. The molecule has 0 aromatic rings. The van der Waals surface area contributed by atoms with Crippen molar-refractivity contribution in [3.63, 3.8) is 0 Å². The number of ether oxygens (including phenoxy) is 2. The molecule has 2 atom stereocenters. The van der Waals surface area contributed by atoms with Crippen LogP contribution < -0.4 is 0 Å². The van der Waals surface area contributed by atoms with Gasteiger partial charge >= 0.3 is 0 Å². The maximum absolute atomic E-state index is 13.1. The molecule has 0 aromatic carbocycles. The highest BCUT2D eigenvalue weighted by atomic mass is 19.3. The highest BCUT2D eigenvalue weighted by Crippen LogP contribution is 2.51. The van der Waals surface area contributed by atoms with Gasteiger partial charge in [-0.15, -0.1) is 0 Å². The van der Waals surface area contributed by atoms with E-state index in [1.165, 1.54) is 6.42 Å². The molecule has 4 aliphatic rings. The standard InChI is InChI=1S/C19H29F2NO3/c20-19(21)8-15(9-19)17(23)22-10-16-2-1-5-18(16,12-22)13-25-11-14-3-6-24-7-4-14/h14-16H,1-13H2/t16-,18+/m1/s1. The zero-order chi connectivity index (χ0) is 17.5. The Balaban J connectivity index is 1.30. The molecule has 6 heteroatoms. The number of hydrogen-bond acceptors (Lipinski definition) is 3. The van der Waals surface area contributed by atoms with Crippen molar-refractivity contribution in [3.8, 4) is 0 Å². The second-order valence-corrected chi connectivity index (χ2v) is 8.70. The summed E-state index contributed by atoms with van der Waals surface area (Å²) in [6.07, 6.45) is 5.02. The van der Waals surface area contributed by atoms with E-state index in [4.69, 9.17) is 9.47 Å². The van der Waals surface area contributed by atoms with Gasteiger partial charge in [0.2, 0.25) is 11.8 Å². The van der Waals surface area contributed by atoms with Gasteiger partial charge in [0.15, 0.2) is 0 Å². The van der Waals surface area contributed by atoms with E-state index in [-0.39, 0.29) is 24.2 Å². The molecule has 25 heavy (non-hydrogen) atoms. The molecule has 4 nitrogen and oxygen atoms in total. The number of carbonyl (C=O) groups is 1. The average Bonchev–Trinajstić information content (AvgIpc) is 3.10. The van der Waals surface area contributed by atoms with E-state index in [0.717, 1.165) is 52.0 Å². The quantitative estimate of drug-likeness (QED) is 0.759. The highest BCUT2D eigenvalue weighted by molar-refractivity contribution is 5.80. The van der Waals surface area contributed by atoms with Crippen molar-refractivity contribution < 1.29 is 23.0 Å². The van der Waals surface area contributed by atoms with Crippen LogP contribution in [-0.4, -0.2) is 56.2 Å². The van der Waals surface area contributed by atoms with Crippen LogP contribution in [0.5, 0.6) is 0 Å². The predicted molar refractivity (Wildman–Crippen MR) is 88.4 cm³/mol. The van der Waals surface area contributed by atoms with Crippen molar-refractivity contribution in [3.05, 3.63) is 0 Å². The number of alkyl halides is 2. The van der Waals surface area contributed by atoms with E-state index in [1.54, 1.807) is 0 Å². The van der Waals surface area contributed by atoms with Crippen molar-refractivity contribution in [2.75, 3.05) is 39.5 Å². The first-order valence-electron chi connectivity index (χ1n) is 9.80. The van der Waals surface area contributed by atoms with Gasteiger partial charge in [-0.1, -0.05) is 6.42 Å². The molecule has 4 fully saturated rings. The van der Waals surface area contributed by atoms with Crippen molar-refractivity contribution in [2.24, 2.45) is 23.2 Å². The van der Waals surface area contributed by atoms with Crippen LogP contribution in [0.25, 0.3) is 0 Å². The Morgan fingerprint density at radius 3 is 2.68 bits per heavy atom. The van der Waals surface area contributed by atoms with E-state index >= 15 is 0 Å². The Morgan fingerprint density at radius 1 is 1.20 bits per heavy atom. The normalized spacial score (nSPS) is 35.6. The van der Waals surface area contributed by atoms with Gasteiger partial charge in [0.25, 0.3) is 0 Å². The number of amides is 1. The van der Waals surface area contributed by atoms with Gasteiger partial charge in [0, 0.05) is 57.1 Å². The second kappa shape index (κ2) is 6.76. The third-order valence-corrected chi connectivity index (χ3v) is 6.87. The lowest BCUT2D eigenvalue weighted by atomic mass is 9.80. The molecule has 0 spiro atoms. The summed E-state index contributed by atoms with van der Waals surface area (Å²) in [5.41, 5.74) is 0.0626. The van der Waals surface area contributed by atoms with Gasteiger partial charge in [0.05, 0.1) is 6.61 Å². The average molecular weight is 357 g/mol. The molecule has 2 aliphatic carbocycles. The number of rotatable bonds is 5. The van der Waals surface area contributed by atoms with E-state index < -0.39 is 11.8 Å². The Morgan fingerprint density at radius 2 is 1.96 bits per heavy atom. The zero-order valence-electron chi connectivity index (χ0n) is 14.9. The maximum Gasteiger partial charge on any atom is 0.249 e. The van der Waals surface area contributed by atoms with Crippen molar-refractivity contribution in [1.82, 2.24) is 4.90 Å². The summed E-state index contributed by atoms with van der Waals surface area (Å²) in [5.74, 6) is -2.08. The van der Waals surface area contributed by atoms with Crippen molar-refractivity contribution >= 4 is 5.91 Å². The molecular formula is C19H29F2NO3. The summed E-state index contributed by atoms with van der Waals surface area (Å²) in [6, 6.07) is 0. The molecule has 2 saturated carbocycles. The van der Waals surface area contributed by atoms with Crippen LogP contribution in [0, 0.1) is 23.2 Å². The van der Waals surface area contributed by atoms with Gasteiger partial charge in [0.1, 0.15) is 0 Å². The fraction of sp³-hybridized carbons (Fsp3) is 0.947. The Hall–Kier alpha value is -0.750. The minimum Gasteiger partial charge on any atom is -0.381 e. The molecule has 2 saturated heterocycles. The Labute approximate surface area is 148 Å². The molecular weight excluding hydrogens is 328 g/mol. The van der Waals surface area contributed by atoms with E-state index in [2.05, 4.69) is 0 Å². The molecule has 0 radical (unpaired) electrons. The topological polar surface area (TPSA) is 38.8 Å². The van der Waals surface area contributed by atoms with Crippen molar-refractivity contribution in [1.29, 1.82) is 0 Å². The monoisotopic (exact) mass is 357 g/mol. The molecule has 0 unspecified atom stereocenters. The number of hydrogen-bond donors (Lipinski definition) is 0. The van der Waals surface area contributed by atoms with Gasteiger partial charge in [-0.05, 0) is 37.5 Å². The molecule has 0 aromatic heterocycles. The Kier molecular flexibility index (Phi) is 4.78. The van der Waals surface area contributed by atoms with E-state index in [0.29, 0.717) is 25.0 Å². The van der Waals surface area contributed by atoms with E-state index in [1.807, 2.05) is 4.90 Å². The van der Waals surface area contributed by atoms with Crippen molar-refractivity contribution in [2.45, 2.75) is 50.9 Å². The summed E-state index contributed by atoms with van der Waals surface area (Å²) in [5, 5.41) is 0. The fourth-order valence-electron chi connectivity index (χ4n) is 5.25. The first-order chi connectivity index (χ1) is 12.0. The molecule has 142 valence electrons. The smallest absolute Gasteiger partial charge is 0.249 e. The van der Waals surface area contributed by atoms with Crippen LogP contribution in [0.15, 0.2) is 0 Å². The predicted octanol–water partition coefficient (Wildman–Crippen LogP) is 3.10. The number of halogens is 2. The molecule has 4 rings (SSSR count). The third kappa shape index (κ3) is 3.57. The van der Waals surface area contributed by atoms with Gasteiger partial charge < -0.3 is 14.4 Å². The lowest BCUT2D eigenvalue weighted by Gasteiger charge is -2.36. The SMILES string of the molecule is O=C(C1CC(F)(F)C1)N1C[C@H]2CCC[C@@]2(COCC2CCOCC2)C1. The summed E-state index contributed by atoms with van der Waals surface area (Å²) in [7, 11) is 0. The van der Waals surface area contributed by atoms with Crippen LogP contribution >= 0.6 is 0 Å². The third-order valence-electron chi connectivity index (χ3n) is 6.87. The second-order valence-electron chi connectivity index (χ2n) is 8.70. The van der Waals surface area contributed by atoms with Gasteiger partial charge in [-0.3, -0.25) is 4.79 Å². The summed E-state index contributed by atoms with van der Waals surface area (Å²) in [6.45, 7) is 4.58. The molecule has 1 amide bonds. The first kappa shape index (κ1) is 17.7.